The molecule has 1 N–H and O–H groups in total. The third kappa shape index (κ3) is 5.03. The van der Waals surface area contributed by atoms with Gasteiger partial charge in [-0.25, -0.2) is 4.79 Å². The highest BCUT2D eigenvalue weighted by atomic mass is 16.5. The predicted octanol–water partition coefficient (Wildman–Crippen LogP) is 4.15. The van der Waals surface area contributed by atoms with Crippen molar-refractivity contribution in [1.82, 2.24) is 4.57 Å². The molecule has 154 valence electrons. The van der Waals surface area contributed by atoms with Crippen molar-refractivity contribution in [3.05, 3.63) is 88.7 Å². The van der Waals surface area contributed by atoms with Gasteiger partial charge in [0.2, 0.25) is 11.7 Å². The Labute approximate surface area is 175 Å². The van der Waals surface area contributed by atoms with E-state index in [9.17, 15) is 14.4 Å². The first-order valence-corrected chi connectivity index (χ1v) is 9.64. The van der Waals surface area contributed by atoms with Gasteiger partial charge in [-0.15, -0.1) is 0 Å². The minimum Gasteiger partial charge on any atom is -0.454 e. The summed E-state index contributed by atoms with van der Waals surface area (Å²) >= 11 is 0. The van der Waals surface area contributed by atoms with Gasteiger partial charge in [0.1, 0.15) is 0 Å². The number of amides is 1. The Morgan fingerprint density at radius 3 is 2.27 bits per heavy atom. The Hall–Kier alpha value is -3.67. The molecule has 0 spiro atoms. The lowest BCUT2D eigenvalue weighted by atomic mass is 10.1. The van der Waals surface area contributed by atoms with E-state index in [4.69, 9.17) is 4.74 Å². The summed E-state index contributed by atoms with van der Waals surface area (Å²) in [6, 6.07) is 18.2. The van der Waals surface area contributed by atoms with Gasteiger partial charge in [0.05, 0.1) is 5.56 Å². The molecule has 1 amide bonds. The number of rotatable bonds is 7. The van der Waals surface area contributed by atoms with Crippen LogP contribution in [0.25, 0.3) is 0 Å². The molecule has 0 radical (unpaired) electrons. The molecule has 0 fully saturated rings. The largest absolute Gasteiger partial charge is 0.454 e. The summed E-state index contributed by atoms with van der Waals surface area (Å²) in [4.78, 5) is 36.0. The van der Waals surface area contributed by atoms with Gasteiger partial charge in [-0.05, 0) is 49.7 Å². The average Bonchev–Trinajstić information content (AvgIpc) is 3.01. The van der Waals surface area contributed by atoms with Crippen molar-refractivity contribution in [3.8, 4) is 0 Å². The molecule has 1 aromatic heterocycles. The van der Waals surface area contributed by atoms with E-state index in [-0.39, 0.29) is 18.3 Å². The maximum atomic E-state index is 12.7. The Balaban J connectivity index is 1.64. The third-order valence-corrected chi connectivity index (χ3v) is 4.83. The molecule has 0 saturated heterocycles. The summed E-state index contributed by atoms with van der Waals surface area (Å²) in [6.07, 6.45) is 0. The summed E-state index contributed by atoms with van der Waals surface area (Å²) in [7, 11) is 0. The minimum absolute atomic E-state index is 0.194. The van der Waals surface area contributed by atoms with Crippen molar-refractivity contribution in [1.29, 1.82) is 0 Å². The van der Waals surface area contributed by atoms with Crippen molar-refractivity contribution in [2.45, 2.75) is 27.3 Å². The number of anilines is 1. The van der Waals surface area contributed by atoms with Crippen molar-refractivity contribution in [2.75, 3.05) is 11.9 Å². The number of ether oxygens (including phenoxy) is 1. The van der Waals surface area contributed by atoms with Gasteiger partial charge in [-0.2, -0.15) is 0 Å². The van der Waals surface area contributed by atoms with Crippen LogP contribution in [0.3, 0.4) is 0 Å². The average molecular weight is 404 g/mol. The lowest BCUT2D eigenvalue weighted by Crippen LogP contribution is -2.15. The first kappa shape index (κ1) is 21.0. The molecule has 0 unspecified atom stereocenters. The van der Waals surface area contributed by atoms with E-state index < -0.39 is 5.97 Å². The van der Waals surface area contributed by atoms with E-state index in [1.54, 1.807) is 24.3 Å². The van der Waals surface area contributed by atoms with Gasteiger partial charge < -0.3 is 14.6 Å². The molecule has 0 atom stereocenters. The van der Waals surface area contributed by atoms with Crippen LogP contribution in [0.15, 0.2) is 60.7 Å². The zero-order valence-electron chi connectivity index (χ0n) is 17.3. The molecule has 3 rings (SSSR count). The maximum Gasteiger partial charge on any atom is 0.338 e. The molecular weight excluding hydrogens is 380 g/mol. The lowest BCUT2D eigenvalue weighted by molar-refractivity contribution is -0.114. The monoisotopic (exact) mass is 404 g/mol. The Kier molecular flexibility index (Phi) is 6.47. The molecule has 0 aliphatic rings. The normalized spacial score (nSPS) is 10.5. The maximum absolute atomic E-state index is 12.7. The first-order chi connectivity index (χ1) is 14.3. The number of carbonyl (C=O) groups is 3. The number of nitrogens with zero attached hydrogens (tertiary/aromatic N) is 1. The number of ketones is 1. The minimum atomic E-state index is -0.587. The first-order valence-electron chi connectivity index (χ1n) is 9.64. The van der Waals surface area contributed by atoms with E-state index in [1.807, 2.05) is 50.2 Å². The molecule has 30 heavy (non-hydrogen) atoms. The predicted molar refractivity (Wildman–Crippen MR) is 115 cm³/mol. The van der Waals surface area contributed by atoms with Crippen LogP contribution < -0.4 is 5.32 Å². The van der Waals surface area contributed by atoms with Crippen LogP contribution in [0.4, 0.5) is 5.69 Å². The highest BCUT2D eigenvalue weighted by molar-refractivity contribution is 6.00. The van der Waals surface area contributed by atoms with Gasteiger partial charge in [0.15, 0.2) is 6.61 Å². The Bertz CT molecular complexity index is 1070. The van der Waals surface area contributed by atoms with Gasteiger partial charge in [0.25, 0.3) is 0 Å². The zero-order chi connectivity index (χ0) is 21.7. The Morgan fingerprint density at radius 1 is 0.967 bits per heavy atom. The number of carbonyl (C=O) groups excluding carboxylic acids is 3. The van der Waals surface area contributed by atoms with Gasteiger partial charge in [-0.1, -0.05) is 30.3 Å². The molecule has 0 bridgehead atoms. The number of Topliss-reactive ketones (excluding diaryl/α,β-unsaturated/α-hetero) is 1. The van der Waals surface area contributed by atoms with Crippen LogP contribution >= 0.6 is 0 Å². The second-order valence-electron chi connectivity index (χ2n) is 7.11. The molecule has 2 aromatic carbocycles. The van der Waals surface area contributed by atoms with Gasteiger partial charge in [-0.3, -0.25) is 9.59 Å². The molecule has 6 nitrogen and oxygen atoms in total. The fourth-order valence-corrected chi connectivity index (χ4v) is 3.28. The van der Waals surface area contributed by atoms with E-state index in [2.05, 4.69) is 9.88 Å². The van der Waals surface area contributed by atoms with E-state index >= 15 is 0 Å². The molecule has 3 aromatic rings. The topological polar surface area (TPSA) is 77.4 Å². The van der Waals surface area contributed by atoms with Crippen LogP contribution in [0.5, 0.6) is 0 Å². The lowest BCUT2D eigenvalue weighted by Gasteiger charge is -2.10. The van der Waals surface area contributed by atoms with E-state index in [0.717, 1.165) is 17.0 Å². The van der Waals surface area contributed by atoms with Crippen molar-refractivity contribution < 1.29 is 19.1 Å². The van der Waals surface area contributed by atoms with Crippen LogP contribution in [-0.2, 0) is 16.1 Å². The number of hydrogen-bond donors (Lipinski definition) is 1. The van der Waals surface area contributed by atoms with E-state index in [1.165, 1.54) is 6.92 Å². The highest BCUT2D eigenvalue weighted by Gasteiger charge is 2.18. The van der Waals surface area contributed by atoms with Crippen molar-refractivity contribution in [3.63, 3.8) is 0 Å². The highest BCUT2D eigenvalue weighted by Crippen LogP contribution is 2.18. The summed E-state index contributed by atoms with van der Waals surface area (Å²) in [5, 5.41) is 2.63. The zero-order valence-corrected chi connectivity index (χ0v) is 17.3. The van der Waals surface area contributed by atoms with Crippen LogP contribution in [0, 0.1) is 13.8 Å². The summed E-state index contributed by atoms with van der Waals surface area (Å²) < 4.78 is 7.28. The third-order valence-electron chi connectivity index (χ3n) is 4.83. The Morgan fingerprint density at radius 2 is 1.63 bits per heavy atom. The quantitative estimate of drug-likeness (QED) is 0.474. The fourth-order valence-electron chi connectivity index (χ4n) is 3.28. The van der Waals surface area contributed by atoms with Gasteiger partial charge in [0, 0.05) is 36.1 Å². The number of aryl methyl sites for hydroxylation is 1. The number of benzene rings is 2. The summed E-state index contributed by atoms with van der Waals surface area (Å²) in [5.74, 6) is -1.03. The molecule has 0 aliphatic heterocycles. The number of nitrogens with one attached hydrogen (secondary N) is 1. The number of hydrogen-bond acceptors (Lipinski definition) is 4. The molecular formula is C24H24N2O4. The number of esters is 1. The second-order valence-corrected chi connectivity index (χ2v) is 7.11. The van der Waals surface area contributed by atoms with Crippen LogP contribution in [0.1, 0.15) is 44.6 Å². The van der Waals surface area contributed by atoms with Crippen molar-refractivity contribution >= 4 is 23.3 Å². The standard InChI is InChI=1S/C24H24N2O4/c1-16-13-22(17(2)26(16)14-19-7-5-4-6-8-19)23(28)15-30-24(29)20-9-11-21(12-10-20)25-18(3)27/h4-13H,14-15H2,1-3H3,(H,25,27). The fraction of sp³-hybridized carbons (Fsp3) is 0.208. The molecule has 6 heteroatoms. The second kappa shape index (κ2) is 9.22. The summed E-state index contributed by atoms with van der Waals surface area (Å²) in [5.41, 5.74) is 4.41. The van der Waals surface area contributed by atoms with Crippen LogP contribution in [-0.4, -0.2) is 28.8 Å². The summed E-state index contributed by atoms with van der Waals surface area (Å²) in [6.45, 7) is 5.60. The molecule has 0 aliphatic carbocycles. The smallest absolute Gasteiger partial charge is 0.338 e. The number of aromatic nitrogens is 1. The van der Waals surface area contributed by atoms with Crippen molar-refractivity contribution in [2.24, 2.45) is 0 Å². The SMILES string of the molecule is CC(=O)Nc1ccc(C(=O)OCC(=O)c2cc(C)n(Cc3ccccc3)c2C)cc1. The van der Waals surface area contributed by atoms with E-state index in [0.29, 0.717) is 23.4 Å². The van der Waals surface area contributed by atoms with Crippen LogP contribution in [0.2, 0.25) is 0 Å². The van der Waals surface area contributed by atoms with Gasteiger partial charge >= 0.3 is 5.97 Å². The molecule has 0 saturated carbocycles. The molecule has 1 heterocycles.